The van der Waals surface area contributed by atoms with Crippen LogP contribution >= 0.6 is 0 Å². The van der Waals surface area contributed by atoms with E-state index in [1.807, 2.05) is 0 Å². The fraction of sp³-hybridized carbons (Fsp3) is 1.00. The van der Waals surface area contributed by atoms with Crippen LogP contribution in [0.25, 0.3) is 0 Å². The monoisotopic (exact) mass is 183 g/mol. The molecule has 1 unspecified atom stereocenters. The Morgan fingerprint density at radius 2 is 1.46 bits per heavy atom. The SMILES string of the molecule is NC(C1CCCC1)C1CCOCC1. The van der Waals surface area contributed by atoms with Crippen LogP contribution in [-0.4, -0.2) is 19.3 Å². The van der Waals surface area contributed by atoms with Gasteiger partial charge in [0, 0.05) is 19.3 Å². The molecular formula is C11H21NO. The second-order valence-corrected chi connectivity index (χ2v) is 4.57. The molecule has 0 aromatic carbocycles. The third kappa shape index (κ3) is 2.23. The van der Waals surface area contributed by atoms with Gasteiger partial charge in [0.1, 0.15) is 0 Å². The molecule has 76 valence electrons. The molecule has 2 nitrogen and oxygen atoms in total. The molecule has 2 heteroatoms. The molecule has 1 aliphatic heterocycles. The summed E-state index contributed by atoms with van der Waals surface area (Å²) in [6, 6.07) is 0.464. The fourth-order valence-electron chi connectivity index (χ4n) is 2.83. The van der Waals surface area contributed by atoms with E-state index in [1.54, 1.807) is 0 Å². The van der Waals surface area contributed by atoms with Crippen molar-refractivity contribution in [3.63, 3.8) is 0 Å². The van der Waals surface area contributed by atoms with Crippen LogP contribution < -0.4 is 5.73 Å². The van der Waals surface area contributed by atoms with Gasteiger partial charge in [0.15, 0.2) is 0 Å². The van der Waals surface area contributed by atoms with Gasteiger partial charge >= 0.3 is 0 Å². The molecule has 0 spiro atoms. The largest absolute Gasteiger partial charge is 0.381 e. The molecule has 1 atom stereocenters. The van der Waals surface area contributed by atoms with Crippen molar-refractivity contribution in [3.8, 4) is 0 Å². The summed E-state index contributed by atoms with van der Waals surface area (Å²) in [5.41, 5.74) is 6.30. The Bertz CT molecular complexity index is 148. The van der Waals surface area contributed by atoms with Crippen LogP contribution in [-0.2, 0) is 4.74 Å². The van der Waals surface area contributed by atoms with Gasteiger partial charge in [-0.1, -0.05) is 12.8 Å². The summed E-state index contributed by atoms with van der Waals surface area (Å²) in [4.78, 5) is 0. The summed E-state index contributed by atoms with van der Waals surface area (Å²) in [5, 5.41) is 0. The van der Waals surface area contributed by atoms with Crippen LogP contribution in [0.15, 0.2) is 0 Å². The lowest BCUT2D eigenvalue weighted by Gasteiger charge is -2.31. The van der Waals surface area contributed by atoms with Crippen LogP contribution in [0.1, 0.15) is 38.5 Å². The van der Waals surface area contributed by atoms with Gasteiger partial charge in [0.05, 0.1) is 0 Å². The maximum atomic E-state index is 6.30. The van der Waals surface area contributed by atoms with Crippen molar-refractivity contribution < 1.29 is 4.74 Å². The van der Waals surface area contributed by atoms with Gasteiger partial charge in [0.2, 0.25) is 0 Å². The minimum Gasteiger partial charge on any atom is -0.381 e. The predicted octanol–water partition coefficient (Wildman–Crippen LogP) is 1.93. The third-order valence-corrected chi connectivity index (χ3v) is 3.75. The van der Waals surface area contributed by atoms with Gasteiger partial charge in [-0.25, -0.2) is 0 Å². The molecule has 0 aromatic heterocycles. The molecule has 2 aliphatic rings. The zero-order valence-corrected chi connectivity index (χ0v) is 8.37. The summed E-state index contributed by atoms with van der Waals surface area (Å²) < 4.78 is 5.36. The Morgan fingerprint density at radius 3 is 2.08 bits per heavy atom. The number of ether oxygens (including phenoxy) is 1. The number of hydrogen-bond acceptors (Lipinski definition) is 2. The molecule has 2 N–H and O–H groups in total. The molecular weight excluding hydrogens is 162 g/mol. The summed E-state index contributed by atoms with van der Waals surface area (Å²) in [5.74, 6) is 1.57. The second kappa shape index (κ2) is 4.43. The van der Waals surface area contributed by atoms with Crippen LogP contribution in [0.5, 0.6) is 0 Å². The Balaban J connectivity index is 1.83. The highest BCUT2D eigenvalue weighted by Crippen LogP contribution is 2.32. The van der Waals surface area contributed by atoms with Gasteiger partial charge < -0.3 is 10.5 Å². The fourth-order valence-corrected chi connectivity index (χ4v) is 2.83. The van der Waals surface area contributed by atoms with Crippen LogP contribution in [0.2, 0.25) is 0 Å². The lowest BCUT2D eigenvalue weighted by Crippen LogP contribution is -2.39. The average molecular weight is 183 g/mol. The highest BCUT2D eigenvalue weighted by Gasteiger charge is 2.29. The van der Waals surface area contributed by atoms with Crippen molar-refractivity contribution in [3.05, 3.63) is 0 Å². The van der Waals surface area contributed by atoms with E-state index in [-0.39, 0.29) is 0 Å². The highest BCUT2D eigenvalue weighted by atomic mass is 16.5. The molecule has 0 radical (unpaired) electrons. The Labute approximate surface area is 80.8 Å². The van der Waals surface area contributed by atoms with Crippen molar-refractivity contribution in [2.75, 3.05) is 13.2 Å². The first-order valence-corrected chi connectivity index (χ1v) is 5.71. The zero-order chi connectivity index (χ0) is 9.10. The maximum Gasteiger partial charge on any atom is 0.0469 e. The number of rotatable bonds is 2. The summed E-state index contributed by atoms with van der Waals surface area (Å²) >= 11 is 0. The topological polar surface area (TPSA) is 35.2 Å². The molecule has 2 fully saturated rings. The summed E-state index contributed by atoms with van der Waals surface area (Å²) in [7, 11) is 0. The highest BCUT2D eigenvalue weighted by molar-refractivity contribution is 4.84. The molecule has 0 aromatic rings. The molecule has 1 saturated carbocycles. The van der Waals surface area contributed by atoms with E-state index in [1.165, 1.54) is 38.5 Å². The van der Waals surface area contributed by atoms with E-state index >= 15 is 0 Å². The standard InChI is InChI=1S/C11H21NO/c12-11(9-3-1-2-4-9)10-5-7-13-8-6-10/h9-11H,1-8,12H2. The Hall–Kier alpha value is -0.0800. The molecule has 1 saturated heterocycles. The van der Waals surface area contributed by atoms with E-state index in [0.29, 0.717) is 6.04 Å². The maximum absolute atomic E-state index is 6.30. The Kier molecular flexibility index (Phi) is 3.23. The summed E-state index contributed by atoms with van der Waals surface area (Å²) in [6.07, 6.45) is 7.94. The van der Waals surface area contributed by atoms with E-state index in [9.17, 15) is 0 Å². The van der Waals surface area contributed by atoms with Crippen molar-refractivity contribution in [1.82, 2.24) is 0 Å². The normalized spacial score (nSPS) is 29.3. The molecule has 0 bridgehead atoms. The lowest BCUT2D eigenvalue weighted by molar-refractivity contribution is 0.0513. The third-order valence-electron chi connectivity index (χ3n) is 3.75. The average Bonchev–Trinajstić information content (AvgIpc) is 2.71. The number of hydrogen-bond donors (Lipinski definition) is 1. The van der Waals surface area contributed by atoms with Gasteiger partial charge in [0.25, 0.3) is 0 Å². The lowest BCUT2D eigenvalue weighted by atomic mass is 9.83. The van der Waals surface area contributed by atoms with E-state index in [0.717, 1.165) is 25.0 Å². The molecule has 1 heterocycles. The van der Waals surface area contributed by atoms with Gasteiger partial charge in [-0.2, -0.15) is 0 Å². The quantitative estimate of drug-likeness (QED) is 0.710. The van der Waals surface area contributed by atoms with Gasteiger partial charge in [-0.05, 0) is 37.5 Å². The Morgan fingerprint density at radius 1 is 0.923 bits per heavy atom. The minimum absolute atomic E-state index is 0.464. The van der Waals surface area contributed by atoms with Crippen molar-refractivity contribution in [1.29, 1.82) is 0 Å². The van der Waals surface area contributed by atoms with Crippen molar-refractivity contribution in [2.24, 2.45) is 17.6 Å². The van der Waals surface area contributed by atoms with Crippen molar-refractivity contribution in [2.45, 2.75) is 44.6 Å². The first-order valence-electron chi connectivity index (χ1n) is 5.71. The molecule has 0 amide bonds. The van der Waals surface area contributed by atoms with Crippen LogP contribution in [0.3, 0.4) is 0 Å². The zero-order valence-electron chi connectivity index (χ0n) is 8.37. The van der Waals surface area contributed by atoms with E-state index in [4.69, 9.17) is 10.5 Å². The molecule has 13 heavy (non-hydrogen) atoms. The summed E-state index contributed by atoms with van der Waals surface area (Å²) in [6.45, 7) is 1.87. The first-order chi connectivity index (χ1) is 6.38. The van der Waals surface area contributed by atoms with Gasteiger partial charge in [-0.3, -0.25) is 0 Å². The van der Waals surface area contributed by atoms with E-state index < -0.39 is 0 Å². The second-order valence-electron chi connectivity index (χ2n) is 4.57. The first kappa shape index (κ1) is 9.47. The van der Waals surface area contributed by atoms with E-state index in [2.05, 4.69) is 0 Å². The minimum atomic E-state index is 0.464. The van der Waals surface area contributed by atoms with Crippen molar-refractivity contribution >= 4 is 0 Å². The van der Waals surface area contributed by atoms with Crippen LogP contribution in [0.4, 0.5) is 0 Å². The molecule has 2 rings (SSSR count). The van der Waals surface area contributed by atoms with Crippen LogP contribution in [0, 0.1) is 11.8 Å². The predicted molar refractivity (Wildman–Crippen MR) is 53.5 cm³/mol. The molecule has 1 aliphatic carbocycles. The van der Waals surface area contributed by atoms with Gasteiger partial charge in [-0.15, -0.1) is 0 Å². The number of nitrogens with two attached hydrogens (primary N) is 1. The smallest absolute Gasteiger partial charge is 0.0469 e.